The summed E-state index contributed by atoms with van der Waals surface area (Å²) in [5.74, 6) is 6.60. The van der Waals surface area contributed by atoms with Gasteiger partial charge in [0.1, 0.15) is 18.0 Å². The fourth-order valence-electron chi connectivity index (χ4n) is 1.41. The molecule has 0 radical (unpaired) electrons. The molecule has 0 fully saturated rings. The Morgan fingerprint density at radius 2 is 2.18 bits per heavy atom. The van der Waals surface area contributed by atoms with Crippen LogP contribution in [0.5, 0.6) is 0 Å². The molecule has 1 atom stereocenters. The number of methoxy groups -OCH3 is 1. The maximum atomic E-state index is 9.47. The number of hydrogen-bond donors (Lipinski definition) is 4. The van der Waals surface area contributed by atoms with Gasteiger partial charge in [-0.3, -0.25) is 0 Å². The monoisotopic (exact) mass is 241 g/mol. The zero-order chi connectivity index (χ0) is 12.7. The molecule has 1 heterocycles. The molecular weight excluding hydrogens is 222 g/mol. The highest BCUT2D eigenvalue weighted by Crippen LogP contribution is 2.16. The summed E-state index contributed by atoms with van der Waals surface area (Å²) in [5.41, 5.74) is 3.34. The van der Waals surface area contributed by atoms with Crippen LogP contribution in [-0.2, 0) is 4.74 Å². The van der Waals surface area contributed by atoms with Crippen molar-refractivity contribution in [3.8, 4) is 0 Å². The molecule has 1 aromatic rings. The van der Waals surface area contributed by atoms with E-state index >= 15 is 0 Å². The number of aliphatic hydroxyl groups is 1. The number of aliphatic hydroxyl groups excluding tert-OH is 1. The van der Waals surface area contributed by atoms with Gasteiger partial charge in [-0.05, 0) is 13.3 Å². The van der Waals surface area contributed by atoms with Crippen molar-refractivity contribution in [3.63, 3.8) is 0 Å². The molecule has 1 aromatic heterocycles. The van der Waals surface area contributed by atoms with Crippen LogP contribution in [0.3, 0.4) is 0 Å². The van der Waals surface area contributed by atoms with Gasteiger partial charge in [0, 0.05) is 19.2 Å². The largest absolute Gasteiger partial charge is 0.391 e. The Bertz CT molecular complexity index is 347. The fourth-order valence-corrected chi connectivity index (χ4v) is 1.41. The average Bonchev–Trinajstić information content (AvgIpc) is 2.32. The Kier molecular flexibility index (Phi) is 5.61. The summed E-state index contributed by atoms with van der Waals surface area (Å²) in [6.07, 6.45) is 1.54. The summed E-state index contributed by atoms with van der Waals surface area (Å²) in [6.45, 7) is 2.80. The van der Waals surface area contributed by atoms with Crippen LogP contribution in [0.1, 0.15) is 12.0 Å². The van der Waals surface area contributed by atoms with Crippen molar-refractivity contribution in [1.82, 2.24) is 9.97 Å². The lowest BCUT2D eigenvalue weighted by atomic mass is 10.2. The van der Waals surface area contributed by atoms with Gasteiger partial charge in [-0.1, -0.05) is 0 Å². The van der Waals surface area contributed by atoms with E-state index in [4.69, 9.17) is 10.6 Å². The molecule has 1 rings (SSSR count). The third-order valence-electron chi connectivity index (χ3n) is 2.35. The van der Waals surface area contributed by atoms with Crippen molar-refractivity contribution in [3.05, 3.63) is 11.9 Å². The first-order valence-electron chi connectivity index (χ1n) is 5.38. The van der Waals surface area contributed by atoms with E-state index in [1.165, 1.54) is 6.33 Å². The zero-order valence-corrected chi connectivity index (χ0v) is 10.1. The second kappa shape index (κ2) is 7.00. The average molecular weight is 241 g/mol. The van der Waals surface area contributed by atoms with Crippen LogP contribution in [0, 0.1) is 6.92 Å². The molecule has 0 spiro atoms. The number of nitrogen functional groups attached to an aromatic ring is 1. The summed E-state index contributed by atoms with van der Waals surface area (Å²) >= 11 is 0. The molecule has 96 valence electrons. The van der Waals surface area contributed by atoms with E-state index in [1.807, 2.05) is 6.92 Å². The topological polar surface area (TPSA) is 105 Å². The Balaban J connectivity index is 2.46. The van der Waals surface area contributed by atoms with Crippen molar-refractivity contribution in [2.24, 2.45) is 5.84 Å². The smallest absolute Gasteiger partial charge is 0.148 e. The van der Waals surface area contributed by atoms with E-state index < -0.39 is 6.10 Å². The van der Waals surface area contributed by atoms with Gasteiger partial charge in [-0.25, -0.2) is 15.8 Å². The number of aromatic nitrogens is 2. The number of nitrogens with two attached hydrogens (primary N) is 1. The van der Waals surface area contributed by atoms with Crippen LogP contribution in [-0.4, -0.2) is 41.4 Å². The Morgan fingerprint density at radius 3 is 2.82 bits per heavy atom. The number of hydrazine groups is 1. The Labute approximate surface area is 100 Å². The molecule has 0 aliphatic rings. The van der Waals surface area contributed by atoms with Crippen LogP contribution < -0.4 is 16.6 Å². The molecule has 0 aliphatic heterocycles. The standard InChI is InChI=1S/C10H19N5O2/c1-7-9(13-6-14-10(7)15-11)12-4-3-8(16)5-17-2/h6,8,16H,3-5,11H2,1-2H3,(H2,12,13,14,15). The van der Waals surface area contributed by atoms with E-state index in [0.717, 1.165) is 5.56 Å². The van der Waals surface area contributed by atoms with Gasteiger partial charge in [0.2, 0.25) is 0 Å². The highest BCUT2D eigenvalue weighted by Gasteiger charge is 2.07. The third kappa shape index (κ3) is 4.14. The maximum absolute atomic E-state index is 9.47. The first-order valence-corrected chi connectivity index (χ1v) is 5.38. The van der Waals surface area contributed by atoms with Crippen molar-refractivity contribution >= 4 is 11.6 Å². The van der Waals surface area contributed by atoms with E-state index in [-0.39, 0.29) is 0 Å². The summed E-state index contributed by atoms with van der Waals surface area (Å²) < 4.78 is 4.84. The maximum Gasteiger partial charge on any atom is 0.148 e. The molecule has 7 heteroatoms. The van der Waals surface area contributed by atoms with E-state index in [2.05, 4.69) is 20.7 Å². The molecule has 0 bridgehead atoms. The third-order valence-corrected chi connectivity index (χ3v) is 2.35. The number of nitrogens with one attached hydrogen (secondary N) is 2. The van der Waals surface area contributed by atoms with Crippen molar-refractivity contribution in [2.75, 3.05) is 31.0 Å². The SMILES string of the molecule is COCC(O)CCNc1ncnc(NN)c1C. The molecule has 5 N–H and O–H groups in total. The van der Waals surface area contributed by atoms with Crippen LogP contribution >= 0.6 is 0 Å². The highest BCUT2D eigenvalue weighted by atomic mass is 16.5. The predicted octanol–water partition coefficient (Wildman–Crippen LogP) is -0.120. The minimum Gasteiger partial charge on any atom is -0.391 e. The van der Waals surface area contributed by atoms with Gasteiger partial charge >= 0.3 is 0 Å². The lowest BCUT2D eigenvalue weighted by molar-refractivity contribution is 0.0615. The summed E-state index contributed by atoms with van der Waals surface area (Å²) in [5, 5.41) is 12.6. The molecule has 0 saturated carbocycles. The molecule has 7 nitrogen and oxygen atoms in total. The number of anilines is 2. The van der Waals surface area contributed by atoms with Crippen molar-refractivity contribution in [2.45, 2.75) is 19.4 Å². The zero-order valence-electron chi connectivity index (χ0n) is 10.1. The second-order valence-electron chi connectivity index (χ2n) is 3.66. The van der Waals surface area contributed by atoms with Crippen LogP contribution in [0.15, 0.2) is 6.33 Å². The first kappa shape index (κ1) is 13.6. The molecule has 0 aromatic carbocycles. The lowest BCUT2D eigenvalue weighted by Crippen LogP contribution is -2.19. The number of ether oxygens (including phenoxy) is 1. The lowest BCUT2D eigenvalue weighted by Gasteiger charge is -2.12. The summed E-state index contributed by atoms with van der Waals surface area (Å²) in [6, 6.07) is 0. The highest BCUT2D eigenvalue weighted by molar-refractivity contribution is 5.55. The summed E-state index contributed by atoms with van der Waals surface area (Å²) in [7, 11) is 1.56. The first-order chi connectivity index (χ1) is 8.19. The molecule has 1 unspecified atom stereocenters. The minimum atomic E-state index is -0.471. The van der Waals surface area contributed by atoms with E-state index in [1.54, 1.807) is 7.11 Å². The van der Waals surface area contributed by atoms with Gasteiger partial charge < -0.3 is 20.6 Å². The molecule has 0 aliphatic carbocycles. The van der Waals surface area contributed by atoms with Gasteiger partial charge in [-0.2, -0.15) is 0 Å². The normalized spacial score (nSPS) is 12.2. The molecule has 0 saturated heterocycles. The minimum absolute atomic E-state index is 0.333. The molecule has 0 amide bonds. The second-order valence-corrected chi connectivity index (χ2v) is 3.66. The van der Waals surface area contributed by atoms with Gasteiger partial charge in [0.25, 0.3) is 0 Å². The van der Waals surface area contributed by atoms with Crippen LogP contribution in [0.4, 0.5) is 11.6 Å². The van der Waals surface area contributed by atoms with E-state index in [0.29, 0.717) is 31.2 Å². The van der Waals surface area contributed by atoms with Gasteiger partial charge in [0.05, 0.1) is 12.7 Å². The summed E-state index contributed by atoms with van der Waals surface area (Å²) in [4.78, 5) is 8.07. The molecular formula is C10H19N5O2. The van der Waals surface area contributed by atoms with Gasteiger partial charge in [-0.15, -0.1) is 0 Å². The Hall–Kier alpha value is -1.44. The fraction of sp³-hybridized carbons (Fsp3) is 0.600. The van der Waals surface area contributed by atoms with Gasteiger partial charge in [0.15, 0.2) is 0 Å². The predicted molar refractivity (Wildman–Crippen MR) is 65.6 cm³/mol. The number of nitrogens with zero attached hydrogens (tertiary/aromatic N) is 2. The van der Waals surface area contributed by atoms with Crippen LogP contribution in [0.25, 0.3) is 0 Å². The van der Waals surface area contributed by atoms with Crippen LogP contribution in [0.2, 0.25) is 0 Å². The van der Waals surface area contributed by atoms with Crippen molar-refractivity contribution in [1.29, 1.82) is 0 Å². The van der Waals surface area contributed by atoms with E-state index in [9.17, 15) is 5.11 Å². The number of rotatable bonds is 7. The quantitative estimate of drug-likeness (QED) is 0.389. The van der Waals surface area contributed by atoms with Crippen molar-refractivity contribution < 1.29 is 9.84 Å². The molecule has 17 heavy (non-hydrogen) atoms. The number of hydrogen-bond acceptors (Lipinski definition) is 7. The Morgan fingerprint density at radius 1 is 1.47 bits per heavy atom.